The summed E-state index contributed by atoms with van der Waals surface area (Å²) in [5.41, 5.74) is 1.28. The number of rotatable bonds is 2. The fourth-order valence-electron chi connectivity index (χ4n) is 0.888. The normalized spacial score (nSPS) is 13.5. The molecule has 0 N–H and O–H groups in total. The van der Waals surface area contributed by atoms with Crippen molar-refractivity contribution in [1.82, 2.24) is 4.98 Å². The van der Waals surface area contributed by atoms with Gasteiger partial charge in [0.05, 0.1) is 0 Å². The van der Waals surface area contributed by atoms with Crippen molar-refractivity contribution in [3.8, 4) is 0 Å². The quantitative estimate of drug-likeness (QED) is 0.742. The molecule has 0 bridgehead atoms. The first-order valence-electron chi connectivity index (χ1n) is 3.79. The van der Waals surface area contributed by atoms with Crippen LogP contribution >= 0.6 is 0 Å². The number of nitrogens with zero attached hydrogens (tertiary/aromatic N) is 1. The van der Waals surface area contributed by atoms with Gasteiger partial charge in [-0.05, 0) is 0 Å². The van der Waals surface area contributed by atoms with E-state index in [2.05, 4.69) is 33.8 Å². The minimum absolute atomic E-state index is 0.749. The molecule has 1 aromatic rings. The van der Waals surface area contributed by atoms with E-state index in [4.69, 9.17) is 0 Å². The number of aromatic nitrogens is 1. The van der Waals surface area contributed by atoms with Gasteiger partial charge in [0.15, 0.2) is 0 Å². The summed E-state index contributed by atoms with van der Waals surface area (Å²) < 4.78 is 0.749. The Labute approximate surface area is 75.8 Å². The van der Waals surface area contributed by atoms with E-state index in [-0.39, 0.29) is 0 Å². The Balaban J connectivity index is 2.77. The predicted octanol–water partition coefficient (Wildman–Crippen LogP) is 2.48. The average molecular weight is 258 g/mol. The summed E-state index contributed by atoms with van der Waals surface area (Å²) in [6, 6.07) is 6.18. The molecule has 0 aliphatic carbocycles. The Morgan fingerprint density at radius 2 is 2.09 bits per heavy atom. The van der Waals surface area contributed by atoms with Crippen LogP contribution in [0, 0.1) is 0 Å². The summed E-state index contributed by atoms with van der Waals surface area (Å²) >= 11 is -0.946. The SMILES string of the molecule is C[CH](c1ccccn1)[Sb]([CH3])[CH3]. The molecule has 1 unspecified atom stereocenters. The van der Waals surface area contributed by atoms with Crippen LogP contribution in [0.3, 0.4) is 0 Å². The van der Waals surface area contributed by atoms with Crippen LogP contribution in [-0.2, 0) is 0 Å². The van der Waals surface area contributed by atoms with Crippen molar-refractivity contribution in [2.45, 2.75) is 20.5 Å². The molecule has 0 amide bonds. The molecule has 1 aromatic heterocycles. The van der Waals surface area contributed by atoms with E-state index in [0.29, 0.717) is 0 Å². The van der Waals surface area contributed by atoms with Crippen molar-refractivity contribution in [3.05, 3.63) is 30.1 Å². The number of hydrogen-bond donors (Lipinski definition) is 0. The molecule has 60 valence electrons. The van der Waals surface area contributed by atoms with E-state index < -0.39 is 20.2 Å². The van der Waals surface area contributed by atoms with Gasteiger partial charge in [-0.15, -0.1) is 0 Å². The van der Waals surface area contributed by atoms with Crippen LogP contribution in [0.2, 0.25) is 9.74 Å². The monoisotopic (exact) mass is 257 g/mol. The van der Waals surface area contributed by atoms with Gasteiger partial charge in [0.25, 0.3) is 0 Å². The second-order valence-electron chi connectivity index (χ2n) is 2.89. The molecule has 1 heterocycles. The Kier molecular flexibility index (Phi) is 3.38. The van der Waals surface area contributed by atoms with E-state index in [1.54, 1.807) is 0 Å². The van der Waals surface area contributed by atoms with Gasteiger partial charge in [-0.3, -0.25) is 0 Å². The van der Waals surface area contributed by atoms with Crippen LogP contribution in [-0.4, -0.2) is 25.2 Å². The number of pyridine rings is 1. The predicted molar refractivity (Wildman–Crippen MR) is 50.1 cm³/mol. The number of hydrogen-bond acceptors (Lipinski definition) is 1. The summed E-state index contributed by atoms with van der Waals surface area (Å²) in [5, 5.41) is 0. The van der Waals surface area contributed by atoms with Crippen LogP contribution in [0.1, 0.15) is 16.5 Å². The van der Waals surface area contributed by atoms with Crippen LogP contribution in [0.4, 0.5) is 0 Å². The summed E-state index contributed by atoms with van der Waals surface area (Å²) in [4.78, 5) is 9.16. The molecule has 0 aromatic carbocycles. The van der Waals surface area contributed by atoms with E-state index in [9.17, 15) is 0 Å². The molecular formula is C9H14NSb. The molecule has 0 fully saturated rings. The van der Waals surface area contributed by atoms with Crippen molar-refractivity contribution in [2.75, 3.05) is 0 Å². The molecule has 2 heteroatoms. The zero-order valence-electron chi connectivity index (χ0n) is 7.28. The molecular weight excluding hydrogens is 244 g/mol. The van der Waals surface area contributed by atoms with Crippen molar-refractivity contribution in [2.24, 2.45) is 0 Å². The molecule has 0 aliphatic rings. The summed E-state index contributed by atoms with van der Waals surface area (Å²) in [6.45, 7) is 2.30. The molecule has 11 heavy (non-hydrogen) atoms. The van der Waals surface area contributed by atoms with Gasteiger partial charge in [-0.2, -0.15) is 0 Å². The Hall–Kier alpha value is -0.0318. The van der Waals surface area contributed by atoms with Gasteiger partial charge in [-0.1, -0.05) is 0 Å². The third kappa shape index (κ3) is 2.48. The fourth-order valence-corrected chi connectivity index (χ4v) is 2.83. The van der Waals surface area contributed by atoms with Gasteiger partial charge >= 0.3 is 75.8 Å². The molecule has 0 saturated heterocycles. The molecule has 0 saturated carbocycles. The molecule has 1 rings (SSSR count). The van der Waals surface area contributed by atoms with Crippen molar-refractivity contribution < 1.29 is 0 Å². The van der Waals surface area contributed by atoms with Crippen LogP contribution < -0.4 is 0 Å². The van der Waals surface area contributed by atoms with Crippen molar-refractivity contribution >= 4 is 20.2 Å². The van der Waals surface area contributed by atoms with Gasteiger partial charge in [0, 0.05) is 0 Å². The van der Waals surface area contributed by atoms with Gasteiger partial charge < -0.3 is 0 Å². The Morgan fingerprint density at radius 3 is 2.55 bits per heavy atom. The second-order valence-corrected chi connectivity index (χ2v) is 10.6. The van der Waals surface area contributed by atoms with Crippen LogP contribution in [0.15, 0.2) is 24.4 Å². The Bertz CT molecular complexity index is 208. The zero-order valence-corrected chi connectivity index (χ0v) is 9.83. The van der Waals surface area contributed by atoms with Crippen LogP contribution in [0.25, 0.3) is 0 Å². The molecule has 0 spiro atoms. The maximum absolute atomic E-state index is 4.35. The second kappa shape index (κ2) is 4.11. The summed E-state index contributed by atoms with van der Waals surface area (Å²) in [7, 11) is 0. The first-order chi connectivity index (χ1) is 5.22. The molecule has 1 atom stereocenters. The van der Waals surface area contributed by atoms with E-state index in [1.807, 2.05) is 12.3 Å². The van der Waals surface area contributed by atoms with Gasteiger partial charge in [0.2, 0.25) is 0 Å². The molecule has 1 nitrogen and oxygen atoms in total. The topological polar surface area (TPSA) is 12.9 Å². The third-order valence-corrected chi connectivity index (χ3v) is 7.07. The maximum atomic E-state index is 4.35. The standard InChI is InChI=1S/C7H8N.2CH3.Sb/c1-2-7-5-3-4-6-8-7;;;/h2-6H,1H3;2*1H3;. The zero-order chi connectivity index (χ0) is 8.27. The van der Waals surface area contributed by atoms with E-state index >= 15 is 0 Å². The molecule has 0 radical (unpaired) electrons. The van der Waals surface area contributed by atoms with Gasteiger partial charge in [-0.25, -0.2) is 0 Å². The van der Waals surface area contributed by atoms with E-state index in [0.717, 1.165) is 3.86 Å². The first kappa shape index (κ1) is 9.06. The average Bonchev–Trinajstić information content (AvgIpc) is 2.05. The fraction of sp³-hybridized carbons (Fsp3) is 0.444. The van der Waals surface area contributed by atoms with E-state index in [1.165, 1.54) is 5.69 Å². The third-order valence-electron chi connectivity index (χ3n) is 1.89. The van der Waals surface area contributed by atoms with Crippen molar-refractivity contribution in [3.63, 3.8) is 0 Å². The Morgan fingerprint density at radius 1 is 1.36 bits per heavy atom. The summed E-state index contributed by atoms with van der Waals surface area (Å²) in [5.74, 6) is 0. The first-order valence-corrected chi connectivity index (χ1v) is 10.4. The van der Waals surface area contributed by atoms with Crippen molar-refractivity contribution in [1.29, 1.82) is 0 Å². The molecule has 0 aliphatic heterocycles. The van der Waals surface area contributed by atoms with Gasteiger partial charge in [0.1, 0.15) is 0 Å². The summed E-state index contributed by atoms with van der Waals surface area (Å²) in [6.07, 6.45) is 1.88. The van der Waals surface area contributed by atoms with Crippen LogP contribution in [0.5, 0.6) is 0 Å². The minimum atomic E-state index is -0.946.